The number of aliphatic imine (C=N–C) groups is 1. The van der Waals surface area contributed by atoms with Gasteiger partial charge in [-0.2, -0.15) is 17.6 Å². The molecule has 5 heteroatoms. The van der Waals surface area contributed by atoms with Crippen LogP contribution in [0.5, 0.6) is 0 Å². The lowest BCUT2D eigenvalue weighted by atomic mass is 10.1. The van der Waals surface area contributed by atoms with Crippen molar-refractivity contribution in [2.45, 2.75) is 77.2 Å². The first-order valence-electron chi connectivity index (χ1n) is 8.21. The van der Waals surface area contributed by atoms with Crippen molar-refractivity contribution in [3.05, 3.63) is 0 Å². The van der Waals surface area contributed by atoms with E-state index >= 15 is 0 Å². The van der Waals surface area contributed by atoms with Crippen LogP contribution in [0.15, 0.2) is 4.99 Å². The summed E-state index contributed by atoms with van der Waals surface area (Å²) in [7, 11) is 0. The standard InChI is InChI=1S/C16H30N2O2S/c1-2-3-4-5-6-7-8-9-10-11-12-17-16(20)15(13-21)18-14-19/h15,21H,2-13H2,1H3,(H,17,20). The van der Waals surface area contributed by atoms with Crippen LogP contribution in [0.4, 0.5) is 0 Å². The number of nitrogens with one attached hydrogen (secondary N) is 1. The van der Waals surface area contributed by atoms with Crippen LogP contribution in [0, 0.1) is 0 Å². The van der Waals surface area contributed by atoms with Crippen molar-refractivity contribution in [3.8, 4) is 0 Å². The van der Waals surface area contributed by atoms with Gasteiger partial charge in [0.2, 0.25) is 12.0 Å². The largest absolute Gasteiger partial charge is 0.354 e. The second-order valence-corrected chi connectivity index (χ2v) is 5.76. The zero-order chi connectivity index (χ0) is 15.8. The predicted molar refractivity (Wildman–Crippen MR) is 90.6 cm³/mol. The van der Waals surface area contributed by atoms with Gasteiger partial charge in [-0.05, 0) is 6.42 Å². The maximum absolute atomic E-state index is 11.6. The summed E-state index contributed by atoms with van der Waals surface area (Å²) in [5, 5.41) is 2.78. The molecule has 1 N–H and O–H groups in total. The summed E-state index contributed by atoms with van der Waals surface area (Å²) in [5.74, 6) is 0.00307. The van der Waals surface area contributed by atoms with Gasteiger partial charge in [-0.3, -0.25) is 4.79 Å². The molecule has 0 aliphatic carbocycles. The van der Waals surface area contributed by atoms with Crippen molar-refractivity contribution in [1.29, 1.82) is 0 Å². The summed E-state index contributed by atoms with van der Waals surface area (Å²) in [5.41, 5.74) is 0. The Morgan fingerprint density at radius 1 is 1.05 bits per heavy atom. The van der Waals surface area contributed by atoms with Gasteiger partial charge in [0.15, 0.2) is 0 Å². The Labute approximate surface area is 134 Å². The number of hydrogen-bond acceptors (Lipinski definition) is 4. The molecule has 0 bridgehead atoms. The summed E-state index contributed by atoms with van der Waals surface area (Å²) in [6.45, 7) is 2.89. The third-order valence-electron chi connectivity index (χ3n) is 3.51. The summed E-state index contributed by atoms with van der Waals surface area (Å²) in [4.78, 5) is 25.1. The molecule has 0 rings (SSSR count). The molecule has 0 heterocycles. The number of rotatable bonds is 14. The Bertz CT molecular complexity index is 305. The molecule has 122 valence electrons. The van der Waals surface area contributed by atoms with Crippen molar-refractivity contribution in [2.24, 2.45) is 4.99 Å². The number of isocyanates is 1. The first kappa shape index (κ1) is 20.2. The van der Waals surface area contributed by atoms with Crippen LogP contribution in [0.25, 0.3) is 0 Å². The molecule has 21 heavy (non-hydrogen) atoms. The maximum Gasteiger partial charge on any atom is 0.246 e. The highest BCUT2D eigenvalue weighted by atomic mass is 32.1. The van der Waals surface area contributed by atoms with Gasteiger partial charge in [-0.1, -0.05) is 64.7 Å². The van der Waals surface area contributed by atoms with Gasteiger partial charge in [-0.25, -0.2) is 4.79 Å². The van der Waals surface area contributed by atoms with E-state index in [4.69, 9.17) is 0 Å². The molecule has 1 amide bonds. The van der Waals surface area contributed by atoms with E-state index in [1.807, 2.05) is 0 Å². The number of amides is 1. The highest BCUT2D eigenvalue weighted by Gasteiger charge is 2.14. The van der Waals surface area contributed by atoms with Crippen molar-refractivity contribution < 1.29 is 9.59 Å². The van der Waals surface area contributed by atoms with E-state index in [1.165, 1.54) is 57.4 Å². The van der Waals surface area contributed by atoms with Gasteiger partial charge in [0.05, 0.1) is 0 Å². The average Bonchev–Trinajstić information content (AvgIpc) is 2.50. The molecule has 0 aliphatic rings. The van der Waals surface area contributed by atoms with Crippen LogP contribution in [0.1, 0.15) is 71.1 Å². The number of hydrogen-bond donors (Lipinski definition) is 2. The molecule has 1 unspecified atom stereocenters. The Kier molecular flexibility index (Phi) is 15.0. The number of nitrogens with zero attached hydrogens (tertiary/aromatic N) is 1. The van der Waals surface area contributed by atoms with E-state index in [1.54, 1.807) is 0 Å². The minimum Gasteiger partial charge on any atom is -0.354 e. The Hall–Kier alpha value is -0.800. The molecule has 1 atom stereocenters. The molecule has 0 aromatic heterocycles. The Morgan fingerprint density at radius 2 is 1.57 bits per heavy atom. The zero-order valence-corrected chi connectivity index (χ0v) is 14.2. The molecule has 0 saturated heterocycles. The Morgan fingerprint density at radius 3 is 2.05 bits per heavy atom. The minimum atomic E-state index is -0.700. The van der Waals surface area contributed by atoms with E-state index in [9.17, 15) is 9.59 Å². The molecule has 0 saturated carbocycles. The molecule has 4 nitrogen and oxygen atoms in total. The highest BCUT2D eigenvalue weighted by Crippen LogP contribution is 2.10. The molecular weight excluding hydrogens is 284 g/mol. The number of carbonyl (C=O) groups is 1. The van der Waals surface area contributed by atoms with Gasteiger partial charge in [0.25, 0.3) is 0 Å². The zero-order valence-electron chi connectivity index (χ0n) is 13.3. The second kappa shape index (κ2) is 15.6. The fraction of sp³-hybridized carbons (Fsp3) is 0.875. The molecule has 0 fully saturated rings. The van der Waals surface area contributed by atoms with Crippen LogP contribution in [-0.4, -0.2) is 30.3 Å². The Balaban J connectivity index is 3.35. The van der Waals surface area contributed by atoms with Gasteiger partial charge >= 0.3 is 0 Å². The lowest BCUT2D eigenvalue weighted by Gasteiger charge is -2.08. The lowest BCUT2D eigenvalue weighted by Crippen LogP contribution is -2.35. The van der Waals surface area contributed by atoms with E-state index < -0.39 is 6.04 Å². The van der Waals surface area contributed by atoms with E-state index in [2.05, 4.69) is 29.9 Å². The molecular formula is C16H30N2O2S. The number of carbonyl (C=O) groups excluding carboxylic acids is 2. The smallest absolute Gasteiger partial charge is 0.246 e. The molecule has 0 aliphatic heterocycles. The number of thiol groups is 1. The fourth-order valence-corrected chi connectivity index (χ4v) is 2.44. The third-order valence-corrected chi connectivity index (χ3v) is 3.86. The van der Waals surface area contributed by atoms with Crippen LogP contribution >= 0.6 is 12.6 Å². The first-order chi connectivity index (χ1) is 10.3. The highest BCUT2D eigenvalue weighted by molar-refractivity contribution is 7.80. The quantitative estimate of drug-likeness (QED) is 0.222. The summed E-state index contributed by atoms with van der Waals surface area (Å²) >= 11 is 3.99. The van der Waals surface area contributed by atoms with E-state index in [0.717, 1.165) is 12.8 Å². The summed E-state index contributed by atoms with van der Waals surface area (Å²) < 4.78 is 0. The van der Waals surface area contributed by atoms with Gasteiger partial charge in [0, 0.05) is 12.3 Å². The van der Waals surface area contributed by atoms with Crippen LogP contribution in [0.3, 0.4) is 0 Å². The van der Waals surface area contributed by atoms with Crippen molar-refractivity contribution >= 4 is 24.6 Å². The molecule has 0 aromatic rings. The third kappa shape index (κ3) is 12.6. The normalized spacial score (nSPS) is 11.7. The molecule has 0 radical (unpaired) electrons. The molecule has 0 aromatic carbocycles. The first-order valence-corrected chi connectivity index (χ1v) is 8.85. The minimum absolute atomic E-state index is 0.232. The maximum atomic E-state index is 11.6. The van der Waals surface area contributed by atoms with Crippen LogP contribution < -0.4 is 5.32 Å². The lowest BCUT2D eigenvalue weighted by molar-refractivity contribution is -0.121. The monoisotopic (exact) mass is 314 g/mol. The van der Waals surface area contributed by atoms with Crippen molar-refractivity contribution in [3.63, 3.8) is 0 Å². The van der Waals surface area contributed by atoms with Crippen LogP contribution in [-0.2, 0) is 9.59 Å². The number of unbranched alkanes of at least 4 members (excludes halogenated alkanes) is 9. The van der Waals surface area contributed by atoms with E-state index in [-0.39, 0.29) is 11.7 Å². The fourth-order valence-electron chi connectivity index (χ4n) is 2.19. The summed E-state index contributed by atoms with van der Waals surface area (Å²) in [6, 6.07) is -0.700. The topological polar surface area (TPSA) is 58.5 Å². The predicted octanol–water partition coefficient (Wildman–Crippen LogP) is 3.66. The van der Waals surface area contributed by atoms with Gasteiger partial charge in [-0.15, -0.1) is 0 Å². The summed E-state index contributed by atoms with van der Waals surface area (Å²) in [6.07, 6.45) is 14.1. The van der Waals surface area contributed by atoms with Crippen LogP contribution in [0.2, 0.25) is 0 Å². The SMILES string of the molecule is CCCCCCCCCCCCNC(=O)C(CS)N=C=O. The van der Waals surface area contributed by atoms with Crippen molar-refractivity contribution in [2.75, 3.05) is 12.3 Å². The van der Waals surface area contributed by atoms with Gasteiger partial charge < -0.3 is 5.32 Å². The molecule has 0 spiro atoms. The average molecular weight is 314 g/mol. The van der Waals surface area contributed by atoms with Crippen molar-refractivity contribution in [1.82, 2.24) is 5.32 Å². The van der Waals surface area contributed by atoms with Gasteiger partial charge in [0.1, 0.15) is 6.04 Å². The second-order valence-electron chi connectivity index (χ2n) is 5.39. The van der Waals surface area contributed by atoms with E-state index in [0.29, 0.717) is 6.54 Å².